The van der Waals surface area contributed by atoms with E-state index >= 15 is 0 Å². The first-order valence-corrected chi connectivity index (χ1v) is 7.21. The summed E-state index contributed by atoms with van der Waals surface area (Å²) in [6.45, 7) is 2.07. The summed E-state index contributed by atoms with van der Waals surface area (Å²) in [5, 5.41) is 4.03. The molecular formula is C12H16N2O2S. The Bertz CT molecular complexity index is 509. The topological polar surface area (TPSA) is 58.5 Å². The predicted molar refractivity (Wildman–Crippen MR) is 67.2 cm³/mol. The molecule has 0 heterocycles. The second-order valence-corrected chi connectivity index (χ2v) is 5.97. The molecule has 0 saturated heterocycles. The molecule has 1 aromatic rings. The molecule has 5 heteroatoms. The lowest BCUT2D eigenvalue weighted by atomic mass is 10.1. The smallest absolute Gasteiger partial charge is 0.200 e. The molecule has 2 rings (SSSR count). The van der Waals surface area contributed by atoms with Gasteiger partial charge in [-0.2, -0.15) is 13.5 Å². The second-order valence-electron chi connectivity index (χ2n) is 4.30. The van der Waals surface area contributed by atoms with Crippen LogP contribution in [-0.4, -0.2) is 14.1 Å². The maximum Gasteiger partial charge on any atom is 0.276 e. The van der Waals surface area contributed by atoms with E-state index in [9.17, 15) is 8.42 Å². The molecule has 1 N–H and O–H groups in total. The van der Waals surface area contributed by atoms with Crippen LogP contribution >= 0.6 is 0 Å². The first-order valence-electron chi connectivity index (χ1n) is 5.73. The average molecular weight is 252 g/mol. The highest BCUT2D eigenvalue weighted by molar-refractivity contribution is 7.89. The van der Waals surface area contributed by atoms with Gasteiger partial charge in [0.25, 0.3) is 10.0 Å². The Morgan fingerprint density at radius 1 is 1.29 bits per heavy atom. The molecule has 92 valence electrons. The van der Waals surface area contributed by atoms with Crippen LogP contribution in [0.5, 0.6) is 0 Å². The average Bonchev–Trinajstić information content (AvgIpc) is 2.74. The maximum absolute atomic E-state index is 11.9. The lowest BCUT2D eigenvalue weighted by Gasteiger charge is -2.06. The van der Waals surface area contributed by atoms with E-state index < -0.39 is 10.0 Å². The molecule has 1 fully saturated rings. The molecule has 1 aliphatic carbocycles. The maximum atomic E-state index is 11.9. The van der Waals surface area contributed by atoms with Gasteiger partial charge in [0, 0.05) is 5.71 Å². The molecule has 0 amide bonds. The zero-order valence-electron chi connectivity index (χ0n) is 9.76. The Morgan fingerprint density at radius 2 is 2.00 bits per heavy atom. The Balaban J connectivity index is 2.14. The number of hydrogen-bond donors (Lipinski definition) is 1. The van der Waals surface area contributed by atoms with Gasteiger partial charge in [-0.25, -0.2) is 4.83 Å². The van der Waals surface area contributed by atoms with E-state index in [2.05, 4.69) is 16.9 Å². The van der Waals surface area contributed by atoms with Crippen molar-refractivity contribution in [3.8, 4) is 0 Å². The van der Waals surface area contributed by atoms with E-state index in [-0.39, 0.29) is 4.90 Å². The van der Waals surface area contributed by atoms with E-state index in [4.69, 9.17) is 0 Å². The minimum atomic E-state index is -3.51. The summed E-state index contributed by atoms with van der Waals surface area (Å²) in [7, 11) is -3.51. The minimum Gasteiger partial charge on any atom is -0.200 e. The van der Waals surface area contributed by atoms with Crippen LogP contribution in [0.2, 0.25) is 0 Å². The number of benzene rings is 1. The van der Waals surface area contributed by atoms with Gasteiger partial charge in [0.1, 0.15) is 0 Å². The van der Waals surface area contributed by atoms with Crippen LogP contribution in [0.3, 0.4) is 0 Å². The number of rotatable bonds is 3. The normalized spacial score (nSPS) is 22.9. The van der Waals surface area contributed by atoms with Gasteiger partial charge in [0.2, 0.25) is 0 Å². The van der Waals surface area contributed by atoms with Gasteiger partial charge in [-0.3, -0.25) is 0 Å². The zero-order valence-corrected chi connectivity index (χ0v) is 10.6. The highest BCUT2D eigenvalue weighted by Crippen LogP contribution is 2.21. The van der Waals surface area contributed by atoms with E-state index in [1.54, 1.807) is 30.3 Å². The van der Waals surface area contributed by atoms with Gasteiger partial charge in [-0.05, 0) is 37.3 Å². The van der Waals surface area contributed by atoms with Gasteiger partial charge in [0.05, 0.1) is 4.90 Å². The Kier molecular flexibility index (Phi) is 3.47. The van der Waals surface area contributed by atoms with Crippen LogP contribution in [-0.2, 0) is 10.0 Å². The molecule has 0 radical (unpaired) electrons. The number of hydrazone groups is 1. The fourth-order valence-corrected chi connectivity index (χ4v) is 2.80. The SMILES string of the molecule is C[C@@H]1CCC/C1=N/NS(=O)(=O)c1ccccc1. The first-order chi connectivity index (χ1) is 8.09. The van der Waals surface area contributed by atoms with Crippen molar-refractivity contribution in [1.82, 2.24) is 4.83 Å². The van der Waals surface area contributed by atoms with Crippen LogP contribution < -0.4 is 4.83 Å². The van der Waals surface area contributed by atoms with Crippen molar-refractivity contribution >= 4 is 15.7 Å². The quantitative estimate of drug-likeness (QED) is 0.838. The summed E-state index contributed by atoms with van der Waals surface area (Å²) in [4.78, 5) is 2.55. The number of nitrogens with one attached hydrogen (secondary N) is 1. The monoisotopic (exact) mass is 252 g/mol. The molecule has 1 saturated carbocycles. The molecule has 1 aromatic carbocycles. The third-order valence-corrected chi connectivity index (χ3v) is 4.23. The molecule has 0 spiro atoms. The lowest BCUT2D eigenvalue weighted by molar-refractivity contribution is 0.584. The lowest BCUT2D eigenvalue weighted by Crippen LogP contribution is -2.20. The number of hydrogen-bond acceptors (Lipinski definition) is 3. The molecule has 4 nitrogen and oxygen atoms in total. The Hall–Kier alpha value is -1.36. The summed E-state index contributed by atoms with van der Waals surface area (Å²) >= 11 is 0. The van der Waals surface area contributed by atoms with Crippen LogP contribution in [0.15, 0.2) is 40.3 Å². The van der Waals surface area contributed by atoms with E-state index in [0.29, 0.717) is 5.92 Å². The fraction of sp³-hybridized carbons (Fsp3) is 0.417. The van der Waals surface area contributed by atoms with Crippen molar-refractivity contribution in [2.75, 3.05) is 0 Å². The van der Waals surface area contributed by atoms with Gasteiger partial charge in [-0.15, -0.1) is 0 Å². The van der Waals surface area contributed by atoms with Crippen molar-refractivity contribution < 1.29 is 8.42 Å². The van der Waals surface area contributed by atoms with Crippen molar-refractivity contribution in [2.24, 2.45) is 11.0 Å². The van der Waals surface area contributed by atoms with Crippen LogP contribution in [0, 0.1) is 5.92 Å². The Labute approximate surface area is 102 Å². The zero-order chi connectivity index (χ0) is 12.3. The van der Waals surface area contributed by atoms with Gasteiger partial charge in [-0.1, -0.05) is 25.1 Å². The van der Waals surface area contributed by atoms with Crippen LogP contribution in [0.4, 0.5) is 0 Å². The molecule has 0 unspecified atom stereocenters. The summed E-state index contributed by atoms with van der Waals surface area (Å²) in [5.41, 5.74) is 0.949. The molecule has 0 aliphatic heterocycles. The third kappa shape index (κ3) is 2.85. The van der Waals surface area contributed by atoms with Crippen molar-refractivity contribution in [3.05, 3.63) is 30.3 Å². The van der Waals surface area contributed by atoms with Gasteiger partial charge >= 0.3 is 0 Å². The molecule has 0 bridgehead atoms. The van der Waals surface area contributed by atoms with Crippen molar-refractivity contribution in [2.45, 2.75) is 31.1 Å². The summed E-state index contributed by atoms with van der Waals surface area (Å²) in [6.07, 6.45) is 3.07. The Morgan fingerprint density at radius 3 is 2.59 bits per heavy atom. The molecular weight excluding hydrogens is 236 g/mol. The van der Waals surface area contributed by atoms with Gasteiger partial charge < -0.3 is 0 Å². The van der Waals surface area contributed by atoms with E-state index in [1.165, 1.54) is 0 Å². The summed E-state index contributed by atoms with van der Waals surface area (Å²) in [6, 6.07) is 8.28. The van der Waals surface area contributed by atoms with Crippen molar-refractivity contribution in [1.29, 1.82) is 0 Å². The van der Waals surface area contributed by atoms with Crippen molar-refractivity contribution in [3.63, 3.8) is 0 Å². The second kappa shape index (κ2) is 4.87. The highest BCUT2D eigenvalue weighted by Gasteiger charge is 2.19. The molecule has 1 atom stereocenters. The predicted octanol–water partition coefficient (Wildman–Crippen LogP) is 2.14. The number of nitrogens with zero attached hydrogens (tertiary/aromatic N) is 1. The molecule has 17 heavy (non-hydrogen) atoms. The van der Waals surface area contributed by atoms with E-state index in [1.807, 2.05) is 0 Å². The van der Waals surface area contributed by atoms with Gasteiger partial charge in [0.15, 0.2) is 0 Å². The summed E-state index contributed by atoms with van der Waals surface area (Å²) < 4.78 is 23.8. The molecule has 0 aromatic heterocycles. The minimum absolute atomic E-state index is 0.245. The standard InChI is InChI=1S/C12H16N2O2S/c1-10-6-5-9-12(10)13-14-17(15,16)11-7-3-2-4-8-11/h2-4,7-8,10,14H,5-6,9H2,1H3/b13-12-/t10-/m1/s1. The van der Waals surface area contributed by atoms with Crippen LogP contribution in [0.1, 0.15) is 26.2 Å². The fourth-order valence-electron chi connectivity index (χ4n) is 1.94. The highest BCUT2D eigenvalue weighted by atomic mass is 32.2. The molecule has 1 aliphatic rings. The van der Waals surface area contributed by atoms with Crippen LogP contribution in [0.25, 0.3) is 0 Å². The third-order valence-electron chi connectivity index (χ3n) is 3.00. The van der Waals surface area contributed by atoms with E-state index in [0.717, 1.165) is 25.0 Å². The number of sulfonamides is 1. The first kappa shape index (κ1) is 12.1. The largest absolute Gasteiger partial charge is 0.276 e. The summed E-state index contributed by atoms with van der Waals surface area (Å²) in [5.74, 6) is 0.383.